The van der Waals surface area contributed by atoms with Gasteiger partial charge in [-0.1, -0.05) is 19.1 Å². The highest BCUT2D eigenvalue weighted by Crippen LogP contribution is 2.20. The van der Waals surface area contributed by atoms with Crippen LogP contribution >= 0.6 is 0 Å². The Kier molecular flexibility index (Phi) is 8.35. The van der Waals surface area contributed by atoms with Crippen molar-refractivity contribution in [3.8, 4) is 5.75 Å². The first-order valence-electron chi connectivity index (χ1n) is 12.3. The van der Waals surface area contributed by atoms with E-state index in [1.54, 1.807) is 49.6 Å². The highest BCUT2D eigenvalue weighted by atomic mass is 16.5. The third-order valence-electron chi connectivity index (χ3n) is 6.47. The van der Waals surface area contributed by atoms with E-state index in [2.05, 4.69) is 32.0 Å². The number of rotatable bonds is 9. The fourth-order valence-corrected chi connectivity index (χ4v) is 4.27. The van der Waals surface area contributed by atoms with Crippen LogP contribution < -0.4 is 15.6 Å². The number of hydrogen-bond donors (Lipinski definition) is 3. The Balaban J connectivity index is 1.38. The molecule has 1 fully saturated rings. The lowest BCUT2D eigenvalue weighted by atomic mass is 10.1. The minimum absolute atomic E-state index is 0.0693. The number of amides is 1. The molecule has 0 atom stereocenters. The zero-order valence-electron chi connectivity index (χ0n) is 20.8. The zero-order chi connectivity index (χ0) is 25.5. The van der Waals surface area contributed by atoms with E-state index in [0.717, 1.165) is 45.7 Å². The van der Waals surface area contributed by atoms with E-state index < -0.39 is 5.56 Å². The van der Waals surface area contributed by atoms with Crippen LogP contribution in [0.3, 0.4) is 0 Å². The quantitative estimate of drug-likeness (QED) is 0.312. The van der Waals surface area contributed by atoms with Gasteiger partial charge in [-0.3, -0.25) is 9.59 Å². The van der Waals surface area contributed by atoms with Gasteiger partial charge in [0.2, 0.25) is 0 Å². The SMILES string of the molecule is CCN1CCN(CCCNC(=O)c2ccc3nc(/C=C(\O)c4cccc(OC)c4)c(=O)[nH]c3c2)CC1. The number of hydrogen-bond acceptors (Lipinski definition) is 7. The molecule has 36 heavy (non-hydrogen) atoms. The molecule has 1 saturated heterocycles. The van der Waals surface area contributed by atoms with Gasteiger partial charge in [-0.15, -0.1) is 0 Å². The van der Waals surface area contributed by atoms with Crippen LogP contribution in [-0.2, 0) is 0 Å². The van der Waals surface area contributed by atoms with Gasteiger partial charge in [-0.2, -0.15) is 0 Å². The minimum Gasteiger partial charge on any atom is -0.507 e. The van der Waals surface area contributed by atoms with Crippen LogP contribution in [-0.4, -0.2) is 83.7 Å². The van der Waals surface area contributed by atoms with Crippen molar-refractivity contribution in [1.82, 2.24) is 25.1 Å². The number of aliphatic hydroxyl groups is 1. The molecule has 1 aliphatic heterocycles. The Morgan fingerprint density at radius 2 is 1.92 bits per heavy atom. The molecule has 2 heterocycles. The Bertz CT molecular complexity index is 1290. The first-order chi connectivity index (χ1) is 17.5. The molecular weight excluding hydrogens is 458 g/mol. The smallest absolute Gasteiger partial charge is 0.274 e. The maximum atomic E-state index is 12.6. The number of methoxy groups -OCH3 is 1. The maximum Gasteiger partial charge on any atom is 0.274 e. The molecule has 9 heteroatoms. The summed E-state index contributed by atoms with van der Waals surface area (Å²) in [4.78, 5) is 37.2. The number of carbonyl (C=O) groups excluding carboxylic acids is 1. The van der Waals surface area contributed by atoms with Gasteiger partial charge in [0.05, 0.1) is 18.1 Å². The van der Waals surface area contributed by atoms with Gasteiger partial charge in [-0.25, -0.2) is 4.98 Å². The number of likely N-dealkylation sites (N-methyl/N-ethyl adjacent to an activating group) is 1. The number of ether oxygens (including phenoxy) is 1. The van der Waals surface area contributed by atoms with E-state index in [9.17, 15) is 14.7 Å². The van der Waals surface area contributed by atoms with E-state index in [1.165, 1.54) is 6.08 Å². The number of aromatic nitrogens is 2. The molecule has 190 valence electrons. The number of piperazine rings is 1. The molecule has 0 radical (unpaired) electrons. The second-order valence-corrected chi connectivity index (χ2v) is 8.83. The molecule has 0 saturated carbocycles. The highest BCUT2D eigenvalue weighted by molar-refractivity contribution is 5.97. The minimum atomic E-state index is -0.460. The molecule has 4 rings (SSSR count). The molecule has 0 aliphatic carbocycles. The predicted octanol–water partition coefficient (Wildman–Crippen LogP) is 2.75. The Labute approximate surface area is 210 Å². The molecule has 3 N–H and O–H groups in total. The number of carbonyl (C=O) groups is 1. The first kappa shape index (κ1) is 25.4. The van der Waals surface area contributed by atoms with Crippen LogP contribution in [0.2, 0.25) is 0 Å². The molecule has 0 unspecified atom stereocenters. The van der Waals surface area contributed by atoms with Crippen LogP contribution in [0.5, 0.6) is 5.75 Å². The number of aliphatic hydroxyl groups excluding tert-OH is 1. The van der Waals surface area contributed by atoms with Gasteiger partial charge in [0.15, 0.2) is 0 Å². The summed E-state index contributed by atoms with van der Waals surface area (Å²) in [5, 5.41) is 13.4. The largest absolute Gasteiger partial charge is 0.507 e. The summed E-state index contributed by atoms with van der Waals surface area (Å²) >= 11 is 0. The third kappa shape index (κ3) is 6.30. The predicted molar refractivity (Wildman–Crippen MR) is 141 cm³/mol. The second kappa shape index (κ2) is 11.8. The van der Waals surface area contributed by atoms with E-state index in [0.29, 0.717) is 34.5 Å². The maximum absolute atomic E-state index is 12.6. The number of nitrogens with one attached hydrogen (secondary N) is 2. The molecule has 1 amide bonds. The fraction of sp³-hybridized carbons (Fsp3) is 0.370. The fourth-order valence-electron chi connectivity index (χ4n) is 4.27. The summed E-state index contributed by atoms with van der Waals surface area (Å²) in [5.74, 6) is 0.302. The lowest BCUT2D eigenvalue weighted by molar-refractivity contribution is 0.0948. The lowest BCUT2D eigenvalue weighted by Crippen LogP contribution is -2.46. The van der Waals surface area contributed by atoms with E-state index in [4.69, 9.17) is 4.74 Å². The number of H-pyrrole nitrogens is 1. The third-order valence-corrected chi connectivity index (χ3v) is 6.47. The van der Waals surface area contributed by atoms with Crippen molar-refractivity contribution in [3.63, 3.8) is 0 Å². The van der Waals surface area contributed by atoms with Crippen LogP contribution in [0.1, 0.15) is 35.0 Å². The van der Waals surface area contributed by atoms with Crippen molar-refractivity contribution >= 4 is 28.8 Å². The molecular formula is C27H33N5O4. The number of fused-ring (bicyclic) bond motifs is 1. The Morgan fingerprint density at radius 1 is 1.14 bits per heavy atom. The topological polar surface area (TPSA) is 111 Å². The number of aromatic amines is 1. The van der Waals surface area contributed by atoms with Crippen molar-refractivity contribution in [3.05, 3.63) is 69.6 Å². The summed E-state index contributed by atoms with van der Waals surface area (Å²) in [6, 6.07) is 11.9. The van der Waals surface area contributed by atoms with Crippen LogP contribution in [0.25, 0.3) is 22.9 Å². The van der Waals surface area contributed by atoms with Gasteiger partial charge < -0.3 is 29.9 Å². The highest BCUT2D eigenvalue weighted by Gasteiger charge is 2.15. The van der Waals surface area contributed by atoms with Crippen LogP contribution in [0.15, 0.2) is 47.3 Å². The molecule has 9 nitrogen and oxygen atoms in total. The molecule has 0 bridgehead atoms. The molecule has 3 aromatic rings. The zero-order valence-corrected chi connectivity index (χ0v) is 20.8. The monoisotopic (exact) mass is 491 g/mol. The van der Waals surface area contributed by atoms with Gasteiger partial charge in [-0.05, 0) is 49.8 Å². The molecule has 0 spiro atoms. The summed E-state index contributed by atoms with van der Waals surface area (Å²) in [6.07, 6.45) is 2.20. The summed E-state index contributed by atoms with van der Waals surface area (Å²) in [6.45, 7) is 9.19. The van der Waals surface area contributed by atoms with Crippen molar-refractivity contribution in [1.29, 1.82) is 0 Å². The summed E-state index contributed by atoms with van der Waals surface area (Å²) < 4.78 is 5.17. The van der Waals surface area contributed by atoms with Crippen LogP contribution in [0.4, 0.5) is 0 Å². The van der Waals surface area contributed by atoms with Crippen molar-refractivity contribution in [2.24, 2.45) is 0 Å². The van der Waals surface area contributed by atoms with Crippen LogP contribution in [0, 0.1) is 0 Å². The summed E-state index contributed by atoms with van der Waals surface area (Å²) in [7, 11) is 1.54. The normalized spacial score (nSPS) is 15.2. The Morgan fingerprint density at radius 3 is 2.67 bits per heavy atom. The van der Waals surface area contributed by atoms with E-state index in [-0.39, 0.29) is 17.4 Å². The molecule has 1 aliphatic rings. The van der Waals surface area contributed by atoms with Gasteiger partial charge >= 0.3 is 0 Å². The average molecular weight is 492 g/mol. The number of nitrogens with zero attached hydrogens (tertiary/aromatic N) is 3. The van der Waals surface area contributed by atoms with Gasteiger partial charge in [0, 0.05) is 49.9 Å². The second-order valence-electron chi connectivity index (χ2n) is 8.83. The first-order valence-corrected chi connectivity index (χ1v) is 12.3. The lowest BCUT2D eigenvalue weighted by Gasteiger charge is -2.33. The summed E-state index contributed by atoms with van der Waals surface area (Å²) in [5.41, 5.74) is 1.55. The van der Waals surface area contributed by atoms with Crippen molar-refractivity contribution in [2.45, 2.75) is 13.3 Å². The Hall–Kier alpha value is -3.69. The van der Waals surface area contributed by atoms with E-state index in [1.807, 2.05) is 0 Å². The standard InChI is InChI=1S/C27H33N5O4/c1-3-31-12-14-32(15-13-31)11-5-10-28-26(34)20-8-9-22-23(17-20)30-27(35)24(29-22)18-25(33)19-6-4-7-21(16-19)36-2/h4,6-9,16-18,33H,3,5,10-15H2,1-2H3,(H,28,34)(H,30,35)/b25-18-. The number of benzene rings is 2. The van der Waals surface area contributed by atoms with Gasteiger partial charge in [0.1, 0.15) is 17.2 Å². The van der Waals surface area contributed by atoms with Crippen molar-refractivity contribution < 1.29 is 14.6 Å². The van der Waals surface area contributed by atoms with E-state index >= 15 is 0 Å². The van der Waals surface area contributed by atoms with Crippen molar-refractivity contribution in [2.75, 3.05) is 52.9 Å². The molecule has 2 aromatic carbocycles. The van der Waals surface area contributed by atoms with Gasteiger partial charge in [0.25, 0.3) is 11.5 Å². The molecule has 1 aromatic heterocycles. The average Bonchev–Trinajstić information content (AvgIpc) is 2.91.